The number of nitrogens with zero attached hydrogens (tertiary/aromatic N) is 2. The van der Waals surface area contributed by atoms with E-state index in [0.717, 1.165) is 28.8 Å². The van der Waals surface area contributed by atoms with Crippen LogP contribution in [0.2, 0.25) is 0 Å². The van der Waals surface area contributed by atoms with Gasteiger partial charge in [-0.15, -0.1) is 11.3 Å². The summed E-state index contributed by atoms with van der Waals surface area (Å²) in [6.07, 6.45) is 1.97. The lowest BCUT2D eigenvalue weighted by Crippen LogP contribution is -2.33. The Morgan fingerprint density at radius 3 is 2.09 bits per heavy atom. The Balaban J connectivity index is 1.57. The molecule has 1 aliphatic heterocycles. The summed E-state index contributed by atoms with van der Waals surface area (Å²) in [6.45, 7) is 10.5. The predicted molar refractivity (Wildman–Crippen MR) is 127 cm³/mol. The molecule has 2 heterocycles. The minimum absolute atomic E-state index is 0.106. The normalized spacial score (nSPS) is 26.3. The monoisotopic (exact) mass is 444 g/mol. The second-order valence-electron chi connectivity index (χ2n) is 9.91. The van der Waals surface area contributed by atoms with Crippen molar-refractivity contribution in [2.75, 3.05) is 4.90 Å². The SMILES string of the molecule is CC(C)=C1[C@@H]2CC[C@@H]1[C@@H]1C(=O)N(c3sc(C)c(-c4ccc(C(C)C)cc4)c3C#N)C(=O)[C@H]12. The first kappa shape index (κ1) is 21.2. The Bertz CT molecular complexity index is 1180. The average molecular weight is 445 g/mol. The van der Waals surface area contributed by atoms with Gasteiger partial charge in [-0.3, -0.25) is 9.59 Å². The zero-order valence-corrected chi connectivity index (χ0v) is 20.0. The molecule has 5 heteroatoms. The molecule has 2 saturated carbocycles. The molecule has 4 nitrogen and oxygen atoms in total. The maximum Gasteiger partial charge on any atom is 0.239 e. The number of fused-ring (bicyclic) bond motifs is 5. The van der Waals surface area contributed by atoms with Crippen molar-refractivity contribution in [1.29, 1.82) is 5.26 Å². The summed E-state index contributed by atoms with van der Waals surface area (Å²) in [5.74, 6) is 0.0784. The molecule has 5 rings (SSSR count). The second kappa shape index (κ2) is 7.42. The van der Waals surface area contributed by atoms with Crippen molar-refractivity contribution in [2.24, 2.45) is 23.7 Å². The molecular weight excluding hydrogens is 416 g/mol. The second-order valence-corrected chi connectivity index (χ2v) is 11.1. The maximum atomic E-state index is 13.6. The number of thiophene rings is 1. The van der Waals surface area contributed by atoms with Crippen LogP contribution in [0.25, 0.3) is 11.1 Å². The molecule has 1 aromatic carbocycles. The predicted octanol–water partition coefficient (Wildman–Crippen LogP) is 6.20. The molecule has 0 radical (unpaired) electrons. The van der Waals surface area contributed by atoms with Crippen LogP contribution in [0.1, 0.15) is 62.5 Å². The van der Waals surface area contributed by atoms with Crippen LogP contribution in [-0.4, -0.2) is 11.8 Å². The van der Waals surface area contributed by atoms with Gasteiger partial charge >= 0.3 is 0 Å². The fourth-order valence-electron chi connectivity index (χ4n) is 6.37. The van der Waals surface area contributed by atoms with Crippen molar-refractivity contribution in [1.82, 2.24) is 0 Å². The van der Waals surface area contributed by atoms with Gasteiger partial charge in [-0.25, -0.2) is 4.90 Å². The molecule has 164 valence electrons. The molecule has 2 aliphatic carbocycles. The number of carbonyl (C=O) groups is 2. The highest BCUT2D eigenvalue weighted by Crippen LogP contribution is 2.61. The number of carbonyl (C=O) groups excluding carboxylic acids is 2. The summed E-state index contributed by atoms with van der Waals surface area (Å²) < 4.78 is 0. The summed E-state index contributed by atoms with van der Waals surface area (Å²) >= 11 is 1.39. The highest BCUT2D eigenvalue weighted by atomic mass is 32.1. The maximum absolute atomic E-state index is 13.6. The number of benzene rings is 1. The lowest BCUT2D eigenvalue weighted by atomic mass is 9.81. The Morgan fingerprint density at radius 2 is 1.62 bits per heavy atom. The van der Waals surface area contributed by atoms with Crippen LogP contribution in [0.4, 0.5) is 5.00 Å². The van der Waals surface area contributed by atoms with Crippen LogP contribution < -0.4 is 4.90 Å². The quantitative estimate of drug-likeness (QED) is 0.418. The van der Waals surface area contributed by atoms with E-state index in [1.165, 1.54) is 32.9 Å². The van der Waals surface area contributed by atoms with Gasteiger partial charge in [-0.2, -0.15) is 5.26 Å². The van der Waals surface area contributed by atoms with Crippen molar-refractivity contribution in [3.63, 3.8) is 0 Å². The molecule has 0 unspecified atom stereocenters. The van der Waals surface area contributed by atoms with E-state index in [4.69, 9.17) is 0 Å². The fourth-order valence-corrected chi connectivity index (χ4v) is 7.50. The minimum Gasteiger partial charge on any atom is -0.274 e. The summed E-state index contributed by atoms with van der Waals surface area (Å²) in [5.41, 5.74) is 6.08. The first-order valence-electron chi connectivity index (χ1n) is 11.4. The molecule has 2 amide bonds. The Labute approximate surface area is 193 Å². The Kier molecular flexibility index (Phi) is 4.90. The van der Waals surface area contributed by atoms with Gasteiger partial charge < -0.3 is 0 Å². The Morgan fingerprint density at radius 1 is 1.06 bits per heavy atom. The van der Waals surface area contributed by atoms with Crippen LogP contribution in [0, 0.1) is 41.9 Å². The van der Waals surface area contributed by atoms with E-state index in [1.807, 2.05) is 19.1 Å². The number of allylic oxidation sites excluding steroid dienone is 2. The molecule has 0 spiro atoms. The summed E-state index contributed by atoms with van der Waals surface area (Å²) in [5, 5.41) is 10.6. The zero-order chi connectivity index (χ0) is 22.9. The molecule has 2 bridgehead atoms. The fraction of sp³-hybridized carbons (Fsp3) is 0.444. The number of nitriles is 1. The highest BCUT2D eigenvalue weighted by molar-refractivity contribution is 7.17. The summed E-state index contributed by atoms with van der Waals surface area (Å²) in [6, 6.07) is 10.6. The zero-order valence-electron chi connectivity index (χ0n) is 19.2. The molecule has 1 aromatic heterocycles. The number of hydrogen-bond acceptors (Lipinski definition) is 4. The lowest BCUT2D eigenvalue weighted by Gasteiger charge is -2.18. The number of anilines is 1. The van der Waals surface area contributed by atoms with E-state index >= 15 is 0 Å². The topological polar surface area (TPSA) is 61.2 Å². The molecule has 1 saturated heterocycles. The van der Waals surface area contributed by atoms with Crippen molar-refractivity contribution in [3.05, 3.63) is 51.4 Å². The van der Waals surface area contributed by atoms with E-state index < -0.39 is 0 Å². The van der Waals surface area contributed by atoms with E-state index in [-0.39, 0.29) is 35.5 Å². The van der Waals surface area contributed by atoms with Crippen LogP contribution in [-0.2, 0) is 9.59 Å². The standard InChI is InChI=1S/C27H28N2O2S/c1-13(2)16-6-8-17(9-7-16)22-15(5)32-27(20(22)12-28)29-25(30)23-18-10-11-19(21(18)14(3)4)24(23)26(29)31/h6-9,13,18-19,23-24H,10-11H2,1-5H3/t18-,19-,23-,24-/m0/s1. The molecule has 4 atom stereocenters. The van der Waals surface area contributed by atoms with Gasteiger partial charge in [-0.05, 0) is 62.5 Å². The first-order chi connectivity index (χ1) is 15.3. The molecule has 32 heavy (non-hydrogen) atoms. The molecule has 0 N–H and O–H groups in total. The highest BCUT2D eigenvalue weighted by Gasteiger charge is 2.64. The molecule has 3 fully saturated rings. The van der Waals surface area contributed by atoms with E-state index in [1.54, 1.807) is 0 Å². The minimum atomic E-state index is -0.256. The van der Waals surface area contributed by atoms with Crippen molar-refractivity contribution in [2.45, 2.75) is 53.4 Å². The van der Waals surface area contributed by atoms with Crippen molar-refractivity contribution in [3.8, 4) is 17.2 Å². The van der Waals surface area contributed by atoms with E-state index in [2.05, 4.69) is 45.9 Å². The van der Waals surface area contributed by atoms with Crippen molar-refractivity contribution >= 4 is 28.2 Å². The van der Waals surface area contributed by atoms with E-state index in [9.17, 15) is 14.9 Å². The molecule has 2 aromatic rings. The van der Waals surface area contributed by atoms with E-state index in [0.29, 0.717) is 16.5 Å². The van der Waals surface area contributed by atoms with Crippen molar-refractivity contribution < 1.29 is 9.59 Å². The summed E-state index contributed by atoms with van der Waals surface area (Å²) in [4.78, 5) is 29.5. The Hall–Kier alpha value is -2.71. The smallest absolute Gasteiger partial charge is 0.239 e. The third-order valence-corrected chi connectivity index (χ3v) is 8.77. The largest absolute Gasteiger partial charge is 0.274 e. The average Bonchev–Trinajstić information content (AvgIpc) is 3.47. The lowest BCUT2D eigenvalue weighted by molar-refractivity contribution is -0.122. The van der Waals surface area contributed by atoms with Crippen LogP contribution >= 0.6 is 11.3 Å². The van der Waals surface area contributed by atoms with Crippen LogP contribution in [0.5, 0.6) is 0 Å². The number of hydrogen-bond donors (Lipinski definition) is 0. The molecular formula is C27H28N2O2S. The van der Waals surface area contributed by atoms with Gasteiger partial charge in [0.25, 0.3) is 0 Å². The van der Waals surface area contributed by atoms with Gasteiger partial charge in [-0.1, -0.05) is 49.3 Å². The van der Waals surface area contributed by atoms with Gasteiger partial charge in [0.1, 0.15) is 11.1 Å². The van der Waals surface area contributed by atoms with Gasteiger partial charge in [0.05, 0.1) is 17.4 Å². The number of amides is 2. The van der Waals surface area contributed by atoms with Gasteiger partial charge in [0.15, 0.2) is 0 Å². The third-order valence-electron chi connectivity index (χ3n) is 7.68. The van der Waals surface area contributed by atoms with Crippen LogP contribution in [0.3, 0.4) is 0 Å². The summed E-state index contributed by atoms with van der Waals surface area (Å²) in [7, 11) is 0. The number of rotatable bonds is 3. The third kappa shape index (κ3) is 2.79. The van der Waals surface area contributed by atoms with Gasteiger partial charge in [0, 0.05) is 10.4 Å². The van der Waals surface area contributed by atoms with Crippen LogP contribution in [0.15, 0.2) is 35.4 Å². The van der Waals surface area contributed by atoms with Gasteiger partial charge in [0.2, 0.25) is 11.8 Å². The first-order valence-corrected chi connectivity index (χ1v) is 12.3. The number of aryl methyl sites for hydroxylation is 1. The number of imide groups is 1. The molecule has 3 aliphatic rings.